The fourth-order valence-corrected chi connectivity index (χ4v) is 3.85. The lowest BCUT2D eigenvalue weighted by atomic mass is 10.0. The van der Waals surface area contributed by atoms with Crippen LogP contribution in [0.1, 0.15) is 52.0 Å². The van der Waals surface area contributed by atoms with Crippen LogP contribution in [0.5, 0.6) is 0 Å². The Bertz CT molecular complexity index is 514. The Hall–Kier alpha value is -1.19. The quantitative estimate of drug-likeness (QED) is 0.387. The summed E-state index contributed by atoms with van der Waals surface area (Å²) >= 11 is 0. The highest BCUT2D eigenvalue weighted by Gasteiger charge is 2.39. The van der Waals surface area contributed by atoms with Gasteiger partial charge in [0.05, 0.1) is 0 Å². The van der Waals surface area contributed by atoms with Crippen molar-refractivity contribution in [1.29, 1.82) is 0 Å². The normalized spacial score (nSPS) is 13.5. The third-order valence-corrected chi connectivity index (χ3v) is 9.46. The summed E-state index contributed by atoms with van der Waals surface area (Å²) < 4.78 is 6.66. The van der Waals surface area contributed by atoms with E-state index in [9.17, 15) is 4.79 Å². The first-order valence-electron chi connectivity index (χ1n) is 9.00. The molecule has 1 rings (SSSR count). The molecule has 0 fully saturated rings. The van der Waals surface area contributed by atoms with E-state index in [0.29, 0.717) is 12.8 Å². The van der Waals surface area contributed by atoms with Gasteiger partial charge < -0.3 is 4.43 Å². The van der Waals surface area contributed by atoms with Crippen LogP contribution >= 0.6 is 0 Å². The van der Waals surface area contributed by atoms with Gasteiger partial charge in [0.25, 0.3) is 0 Å². The Labute approximate surface area is 149 Å². The van der Waals surface area contributed by atoms with Gasteiger partial charge in [-0.1, -0.05) is 57.2 Å². The van der Waals surface area contributed by atoms with Gasteiger partial charge in [-0.15, -0.1) is 6.58 Å². The maximum atomic E-state index is 11.7. The lowest BCUT2D eigenvalue weighted by Crippen LogP contribution is -2.44. The zero-order valence-corrected chi connectivity index (χ0v) is 17.1. The molecule has 0 saturated carbocycles. The monoisotopic (exact) mass is 346 g/mol. The SMILES string of the molecule is C=CCC(=O)CCCC(Cc1ccccc1)O[Si](C)(C)C(C)(C)C. The average Bonchev–Trinajstić information content (AvgIpc) is 2.47. The summed E-state index contributed by atoms with van der Waals surface area (Å²) in [5.41, 5.74) is 1.30. The van der Waals surface area contributed by atoms with E-state index in [1.165, 1.54) is 5.56 Å². The molecule has 134 valence electrons. The second-order valence-corrected chi connectivity index (χ2v) is 12.9. The molecule has 2 nitrogen and oxygen atoms in total. The van der Waals surface area contributed by atoms with E-state index in [0.717, 1.165) is 19.3 Å². The second kappa shape index (κ2) is 9.33. The summed E-state index contributed by atoms with van der Waals surface area (Å²) in [6.45, 7) is 15.0. The fourth-order valence-electron chi connectivity index (χ4n) is 2.46. The summed E-state index contributed by atoms with van der Waals surface area (Å²) in [5.74, 6) is 0.274. The number of carbonyl (C=O) groups is 1. The highest BCUT2D eigenvalue weighted by molar-refractivity contribution is 6.74. The molecule has 1 atom stereocenters. The predicted molar refractivity (Wildman–Crippen MR) is 106 cm³/mol. The topological polar surface area (TPSA) is 26.3 Å². The molecule has 1 unspecified atom stereocenters. The van der Waals surface area contributed by atoms with Gasteiger partial charge in [0.2, 0.25) is 0 Å². The Balaban J connectivity index is 2.72. The van der Waals surface area contributed by atoms with Crippen LogP contribution in [0.25, 0.3) is 0 Å². The number of carbonyl (C=O) groups excluding carboxylic acids is 1. The second-order valence-electron chi connectivity index (χ2n) is 8.11. The van der Waals surface area contributed by atoms with Crippen LogP contribution in [0.15, 0.2) is 43.0 Å². The minimum Gasteiger partial charge on any atom is -0.414 e. The van der Waals surface area contributed by atoms with Crippen molar-refractivity contribution in [3.05, 3.63) is 48.6 Å². The van der Waals surface area contributed by atoms with E-state index in [1.54, 1.807) is 6.08 Å². The van der Waals surface area contributed by atoms with Gasteiger partial charge in [0.15, 0.2) is 8.32 Å². The van der Waals surface area contributed by atoms with Crippen molar-refractivity contribution in [3.8, 4) is 0 Å². The summed E-state index contributed by atoms with van der Waals surface area (Å²) in [7, 11) is -1.82. The highest BCUT2D eigenvalue weighted by atomic mass is 28.4. The van der Waals surface area contributed by atoms with Crippen LogP contribution in [0.3, 0.4) is 0 Å². The highest BCUT2D eigenvalue weighted by Crippen LogP contribution is 2.38. The largest absolute Gasteiger partial charge is 0.414 e. The predicted octanol–water partition coefficient (Wildman–Crippen LogP) is 5.94. The number of ketones is 1. The van der Waals surface area contributed by atoms with Crippen molar-refractivity contribution >= 4 is 14.1 Å². The van der Waals surface area contributed by atoms with E-state index in [1.807, 2.05) is 6.07 Å². The summed E-state index contributed by atoms with van der Waals surface area (Å²) in [4.78, 5) is 11.7. The van der Waals surface area contributed by atoms with Gasteiger partial charge in [-0.2, -0.15) is 0 Å². The molecule has 0 N–H and O–H groups in total. The molecule has 0 aliphatic heterocycles. The molecule has 0 aliphatic rings. The van der Waals surface area contributed by atoms with E-state index in [2.05, 4.69) is 64.7 Å². The van der Waals surface area contributed by atoms with E-state index < -0.39 is 8.32 Å². The zero-order valence-electron chi connectivity index (χ0n) is 16.1. The molecule has 1 aromatic rings. The smallest absolute Gasteiger partial charge is 0.192 e. The summed E-state index contributed by atoms with van der Waals surface area (Å²) in [5, 5.41) is 0.195. The van der Waals surface area contributed by atoms with Crippen LogP contribution in [-0.4, -0.2) is 20.2 Å². The number of hydrogen-bond donors (Lipinski definition) is 0. The van der Waals surface area contributed by atoms with E-state index in [-0.39, 0.29) is 16.9 Å². The van der Waals surface area contributed by atoms with Gasteiger partial charge in [-0.25, -0.2) is 0 Å². The maximum absolute atomic E-state index is 11.7. The van der Waals surface area contributed by atoms with Crippen LogP contribution < -0.4 is 0 Å². The van der Waals surface area contributed by atoms with Gasteiger partial charge in [0, 0.05) is 18.9 Å². The van der Waals surface area contributed by atoms with Gasteiger partial charge >= 0.3 is 0 Å². The molecule has 1 aromatic carbocycles. The Morgan fingerprint density at radius 2 is 1.88 bits per heavy atom. The molecular weight excluding hydrogens is 312 g/mol. The molecule has 0 aromatic heterocycles. The van der Waals surface area contributed by atoms with Gasteiger partial charge in [-0.05, 0) is 43.0 Å². The lowest BCUT2D eigenvalue weighted by Gasteiger charge is -2.39. The fraction of sp³-hybridized carbons (Fsp3) is 0.571. The molecule has 0 bridgehead atoms. The van der Waals surface area contributed by atoms with Gasteiger partial charge in [-0.3, -0.25) is 4.79 Å². The zero-order chi connectivity index (χ0) is 18.2. The third kappa shape index (κ3) is 7.14. The molecule has 0 aliphatic carbocycles. The van der Waals surface area contributed by atoms with Crippen LogP contribution in [-0.2, 0) is 15.6 Å². The van der Waals surface area contributed by atoms with Crippen molar-refractivity contribution in [3.63, 3.8) is 0 Å². The van der Waals surface area contributed by atoms with Crippen molar-refractivity contribution < 1.29 is 9.22 Å². The average molecular weight is 347 g/mol. The minimum atomic E-state index is -1.82. The molecule has 0 saturated heterocycles. The van der Waals surface area contributed by atoms with Crippen LogP contribution in [0.4, 0.5) is 0 Å². The molecule has 24 heavy (non-hydrogen) atoms. The molecule has 3 heteroatoms. The number of Topliss-reactive ketones (excluding diaryl/α,β-unsaturated/α-hetero) is 1. The Morgan fingerprint density at radius 1 is 1.25 bits per heavy atom. The number of rotatable bonds is 10. The number of hydrogen-bond acceptors (Lipinski definition) is 2. The summed E-state index contributed by atoms with van der Waals surface area (Å²) in [6, 6.07) is 10.5. The van der Waals surface area contributed by atoms with Crippen molar-refractivity contribution in [2.75, 3.05) is 0 Å². The number of allylic oxidation sites excluding steroid dienone is 1. The first-order valence-corrected chi connectivity index (χ1v) is 11.9. The molecular formula is C21H34O2Si. The van der Waals surface area contributed by atoms with Crippen molar-refractivity contribution in [2.45, 2.75) is 77.1 Å². The Morgan fingerprint density at radius 3 is 2.42 bits per heavy atom. The Kier molecular flexibility index (Phi) is 8.11. The first-order chi connectivity index (χ1) is 11.2. The van der Waals surface area contributed by atoms with E-state index in [4.69, 9.17) is 4.43 Å². The molecule has 0 spiro atoms. The van der Waals surface area contributed by atoms with Crippen LogP contribution in [0.2, 0.25) is 18.1 Å². The standard InChI is InChI=1S/C21H34O2Si/c1-7-12-19(22)15-11-16-20(17-18-13-9-8-10-14-18)23-24(5,6)21(2,3)4/h7-10,13-14,20H,1,11-12,15-17H2,2-6H3. The molecule has 0 amide bonds. The number of benzene rings is 1. The molecule has 0 radical (unpaired) electrons. The maximum Gasteiger partial charge on any atom is 0.192 e. The third-order valence-electron chi connectivity index (χ3n) is 4.93. The first kappa shape index (κ1) is 20.9. The summed E-state index contributed by atoms with van der Waals surface area (Å²) in [6.07, 6.45) is 5.72. The van der Waals surface area contributed by atoms with E-state index >= 15 is 0 Å². The molecule has 0 heterocycles. The van der Waals surface area contributed by atoms with Crippen molar-refractivity contribution in [1.82, 2.24) is 0 Å². The van der Waals surface area contributed by atoms with Gasteiger partial charge in [0.1, 0.15) is 5.78 Å². The lowest BCUT2D eigenvalue weighted by molar-refractivity contribution is -0.118. The minimum absolute atomic E-state index is 0.185. The van der Waals surface area contributed by atoms with Crippen LogP contribution in [0, 0.1) is 0 Å². The van der Waals surface area contributed by atoms with Crippen molar-refractivity contribution in [2.24, 2.45) is 0 Å².